The maximum atomic E-state index is 11.9. The molecule has 2 amide bonds. The van der Waals surface area contributed by atoms with Gasteiger partial charge in [0.15, 0.2) is 12.4 Å². The smallest absolute Gasteiger partial charge is 0.325 e. The normalized spacial score (nSPS) is 10.2. The van der Waals surface area contributed by atoms with Gasteiger partial charge in [-0.3, -0.25) is 14.4 Å². The number of carbonyl (C=O) groups excluding carboxylic acids is 3. The first kappa shape index (κ1) is 18.8. The second-order valence-electron chi connectivity index (χ2n) is 4.84. The molecule has 1 aromatic carbocycles. The zero-order valence-corrected chi connectivity index (χ0v) is 14.5. The number of halogens is 2. The molecule has 0 saturated heterocycles. The number of benzene rings is 1. The monoisotopic (exact) mass is 385 g/mol. The van der Waals surface area contributed by atoms with Gasteiger partial charge in [0.05, 0.1) is 10.6 Å². The summed E-state index contributed by atoms with van der Waals surface area (Å²) in [6, 6.07) is 5.84. The summed E-state index contributed by atoms with van der Waals surface area (Å²) in [5.74, 6) is -1.21. The maximum Gasteiger partial charge on any atom is 0.325 e. The molecule has 2 rings (SSSR count). The van der Waals surface area contributed by atoms with Gasteiger partial charge in [-0.15, -0.1) is 0 Å². The number of nitrogens with zero attached hydrogens (tertiary/aromatic N) is 1. The van der Waals surface area contributed by atoms with Crippen molar-refractivity contribution in [1.82, 2.24) is 10.5 Å². The molecule has 0 spiro atoms. The topological polar surface area (TPSA) is 111 Å². The van der Waals surface area contributed by atoms with Gasteiger partial charge in [0.25, 0.3) is 11.8 Å². The lowest BCUT2D eigenvalue weighted by atomic mass is 10.2. The molecule has 0 fully saturated rings. The molecule has 0 bridgehead atoms. The quantitative estimate of drug-likeness (QED) is 0.737. The second kappa shape index (κ2) is 8.50. The van der Waals surface area contributed by atoms with Crippen LogP contribution in [0.25, 0.3) is 0 Å². The summed E-state index contributed by atoms with van der Waals surface area (Å²) < 4.78 is 9.52. The predicted molar refractivity (Wildman–Crippen MR) is 89.6 cm³/mol. The molecule has 10 heteroatoms. The third-order valence-corrected chi connectivity index (χ3v) is 3.38. The molecule has 0 unspecified atom stereocenters. The number of hydrogen-bond donors (Lipinski definition) is 2. The van der Waals surface area contributed by atoms with Crippen LogP contribution in [-0.4, -0.2) is 36.1 Å². The molecule has 132 valence electrons. The van der Waals surface area contributed by atoms with Crippen LogP contribution in [0, 0.1) is 6.92 Å². The van der Waals surface area contributed by atoms with Crippen LogP contribution in [0.2, 0.25) is 10.0 Å². The van der Waals surface area contributed by atoms with Crippen molar-refractivity contribution in [3.63, 3.8) is 0 Å². The SMILES string of the molecule is Cc1cc(NC(=O)COC(=O)CNC(=O)c2ccc(Cl)cc2Cl)no1. The summed E-state index contributed by atoms with van der Waals surface area (Å²) in [5.41, 5.74) is 0.165. The fraction of sp³-hybridized carbons (Fsp3) is 0.200. The van der Waals surface area contributed by atoms with Crippen molar-refractivity contribution in [1.29, 1.82) is 0 Å². The highest BCUT2D eigenvalue weighted by atomic mass is 35.5. The van der Waals surface area contributed by atoms with E-state index in [0.717, 1.165) is 0 Å². The number of rotatable bonds is 6. The third kappa shape index (κ3) is 5.77. The number of ether oxygens (including phenoxy) is 1. The summed E-state index contributed by atoms with van der Waals surface area (Å²) >= 11 is 11.6. The minimum atomic E-state index is -0.787. The van der Waals surface area contributed by atoms with Gasteiger partial charge >= 0.3 is 5.97 Å². The van der Waals surface area contributed by atoms with E-state index >= 15 is 0 Å². The Morgan fingerprint density at radius 2 is 2.00 bits per heavy atom. The van der Waals surface area contributed by atoms with Crippen molar-refractivity contribution in [2.24, 2.45) is 0 Å². The first-order valence-corrected chi connectivity index (χ1v) is 7.73. The number of anilines is 1. The van der Waals surface area contributed by atoms with E-state index in [-0.39, 0.29) is 16.4 Å². The Bertz CT molecular complexity index is 806. The lowest BCUT2D eigenvalue weighted by Crippen LogP contribution is -2.32. The number of aryl methyl sites for hydroxylation is 1. The molecule has 0 aliphatic heterocycles. The standard InChI is InChI=1S/C15H13Cl2N3O5/c1-8-4-12(20-25-8)19-13(21)7-24-14(22)6-18-15(23)10-3-2-9(16)5-11(10)17/h2-5H,6-7H2,1H3,(H,18,23)(H,19,20,21). The minimum Gasteiger partial charge on any atom is -0.454 e. The van der Waals surface area contributed by atoms with E-state index in [1.54, 1.807) is 6.92 Å². The van der Waals surface area contributed by atoms with E-state index in [9.17, 15) is 14.4 Å². The summed E-state index contributed by atoms with van der Waals surface area (Å²) in [7, 11) is 0. The number of aromatic nitrogens is 1. The van der Waals surface area contributed by atoms with E-state index in [1.165, 1.54) is 24.3 Å². The lowest BCUT2D eigenvalue weighted by molar-refractivity contribution is -0.146. The lowest BCUT2D eigenvalue weighted by Gasteiger charge is -2.07. The molecule has 0 radical (unpaired) electrons. The summed E-state index contributed by atoms with van der Waals surface area (Å²) in [4.78, 5) is 35.1. The Morgan fingerprint density at radius 1 is 1.24 bits per heavy atom. The number of hydrogen-bond acceptors (Lipinski definition) is 6. The van der Waals surface area contributed by atoms with Crippen molar-refractivity contribution in [2.75, 3.05) is 18.5 Å². The first-order chi connectivity index (χ1) is 11.8. The Morgan fingerprint density at radius 3 is 2.64 bits per heavy atom. The molecule has 1 aromatic heterocycles. The van der Waals surface area contributed by atoms with Crippen molar-refractivity contribution in [3.8, 4) is 0 Å². The molecule has 25 heavy (non-hydrogen) atoms. The van der Waals surface area contributed by atoms with E-state index in [4.69, 9.17) is 32.5 Å². The Hall–Kier alpha value is -2.58. The molecular formula is C15H13Cl2N3O5. The van der Waals surface area contributed by atoms with Gasteiger partial charge in [-0.05, 0) is 25.1 Å². The van der Waals surface area contributed by atoms with Crippen molar-refractivity contribution < 1.29 is 23.6 Å². The molecule has 1 heterocycles. The van der Waals surface area contributed by atoms with E-state index < -0.39 is 30.9 Å². The van der Waals surface area contributed by atoms with Gasteiger partial charge in [0.1, 0.15) is 12.3 Å². The number of nitrogens with one attached hydrogen (secondary N) is 2. The Labute approximate surface area is 152 Å². The average molecular weight is 386 g/mol. The Kier molecular flexibility index (Phi) is 6.37. The Balaban J connectivity index is 1.74. The molecule has 0 atom stereocenters. The fourth-order valence-electron chi connectivity index (χ4n) is 1.72. The van der Waals surface area contributed by atoms with Gasteiger partial charge in [-0.25, -0.2) is 0 Å². The summed E-state index contributed by atoms with van der Waals surface area (Å²) in [6.07, 6.45) is 0. The van der Waals surface area contributed by atoms with Crippen LogP contribution in [0.1, 0.15) is 16.1 Å². The van der Waals surface area contributed by atoms with E-state index in [2.05, 4.69) is 15.8 Å². The van der Waals surface area contributed by atoms with Crippen LogP contribution in [0.3, 0.4) is 0 Å². The first-order valence-electron chi connectivity index (χ1n) is 6.97. The molecule has 0 aliphatic carbocycles. The summed E-state index contributed by atoms with van der Waals surface area (Å²) in [6.45, 7) is 0.717. The maximum absolute atomic E-state index is 11.9. The highest BCUT2D eigenvalue weighted by Crippen LogP contribution is 2.20. The number of amides is 2. The molecule has 0 aliphatic rings. The second-order valence-corrected chi connectivity index (χ2v) is 5.68. The molecule has 8 nitrogen and oxygen atoms in total. The van der Waals surface area contributed by atoms with Crippen molar-refractivity contribution >= 4 is 46.8 Å². The largest absolute Gasteiger partial charge is 0.454 e. The van der Waals surface area contributed by atoms with E-state index in [1.807, 2.05) is 0 Å². The zero-order valence-electron chi connectivity index (χ0n) is 13.0. The van der Waals surface area contributed by atoms with Crippen LogP contribution in [-0.2, 0) is 14.3 Å². The molecule has 2 N–H and O–H groups in total. The van der Waals surface area contributed by atoms with Crippen LogP contribution in [0.15, 0.2) is 28.8 Å². The van der Waals surface area contributed by atoms with Crippen LogP contribution in [0.5, 0.6) is 0 Å². The fourth-order valence-corrected chi connectivity index (χ4v) is 2.22. The van der Waals surface area contributed by atoms with E-state index in [0.29, 0.717) is 10.8 Å². The minimum absolute atomic E-state index is 0.153. The average Bonchev–Trinajstić information content (AvgIpc) is 2.95. The van der Waals surface area contributed by atoms with Gasteiger partial charge < -0.3 is 19.9 Å². The van der Waals surface area contributed by atoms with Gasteiger partial charge in [0, 0.05) is 11.1 Å². The van der Waals surface area contributed by atoms with Gasteiger partial charge in [0.2, 0.25) is 0 Å². The van der Waals surface area contributed by atoms with Crippen molar-refractivity contribution in [3.05, 3.63) is 45.6 Å². The van der Waals surface area contributed by atoms with Crippen LogP contribution >= 0.6 is 23.2 Å². The zero-order chi connectivity index (χ0) is 18.4. The third-order valence-electron chi connectivity index (χ3n) is 2.83. The van der Waals surface area contributed by atoms with Crippen LogP contribution < -0.4 is 10.6 Å². The number of esters is 1. The van der Waals surface area contributed by atoms with Gasteiger partial charge in [-0.1, -0.05) is 28.4 Å². The highest BCUT2D eigenvalue weighted by Gasteiger charge is 2.14. The van der Waals surface area contributed by atoms with Crippen LogP contribution in [0.4, 0.5) is 5.82 Å². The predicted octanol–water partition coefficient (Wildman–Crippen LogP) is 2.20. The highest BCUT2D eigenvalue weighted by molar-refractivity contribution is 6.36. The summed E-state index contributed by atoms with van der Waals surface area (Å²) in [5, 5.41) is 8.82. The molecule has 0 saturated carbocycles. The van der Waals surface area contributed by atoms with Crippen molar-refractivity contribution in [2.45, 2.75) is 6.92 Å². The van der Waals surface area contributed by atoms with Gasteiger partial charge in [-0.2, -0.15) is 0 Å². The number of carbonyl (C=O) groups is 3. The molecular weight excluding hydrogens is 373 g/mol. The molecule has 2 aromatic rings.